The average Bonchev–Trinajstić information content (AvgIpc) is 3.24. The highest BCUT2D eigenvalue weighted by molar-refractivity contribution is 14.0. The first-order chi connectivity index (χ1) is 12.7. The number of aromatic nitrogens is 2. The Labute approximate surface area is 180 Å². The van der Waals surface area contributed by atoms with Gasteiger partial charge < -0.3 is 20.1 Å². The van der Waals surface area contributed by atoms with Crippen LogP contribution in [0.5, 0.6) is 0 Å². The third kappa shape index (κ3) is 9.75. The highest BCUT2D eigenvalue weighted by Crippen LogP contribution is 2.11. The van der Waals surface area contributed by atoms with E-state index in [2.05, 4.69) is 45.3 Å². The van der Waals surface area contributed by atoms with Gasteiger partial charge in [-0.3, -0.25) is 9.67 Å². The lowest BCUT2D eigenvalue weighted by molar-refractivity contribution is 0.0168. The summed E-state index contributed by atoms with van der Waals surface area (Å²) in [6.07, 6.45) is 4.54. The Morgan fingerprint density at radius 1 is 1.37 bits per heavy atom. The van der Waals surface area contributed by atoms with Gasteiger partial charge in [-0.2, -0.15) is 5.10 Å². The normalized spacial score (nSPS) is 17.0. The van der Waals surface area contributed by atoms with Crippen molar-refractivity contribution in [2.45, 2.75) is 59.1 Å². The molecule has 8 heteroatoms. The zero-order chi connectivity index (χ0) is 18.6. The number of nitrogens with zero attached hydrogens (tertiary/aromatic N) is 3. The van der Waals surface area contributed by atoms with Crippen molar-refractivity contribution in [3.05, 3.63) is 17.5 Å². The van der Waals surface area contributed by atoms with E-state index in [0.717, 1.165) is 83.3 Å². The Bertz CT molecular complexity index is 544. The van der Waals surface area contributed by atoms with E-state index in [9.17, 15) is 0 Å². The summed E-state index contributed by atoms with van der Waals surface area (Å²) < 4.78 is 13.3. The van der Waals surface area contributed by atoms with Crippen LogP contribution in [0.1, 0.15) is 44.0 Å². The molecule has 2 heterocycles. The van der Waals surface area contributed by atoms with E-state index in [0.29, 0.717) is 6.10 Å². The van der Waals surface area contributed by atoms with Crippen molar-refractivity contribution >= 4 is 29.9 Å². The summed E-state index contributed by atoms with van der Waals surface area (Å²) in [6.45, 7) is 12.0. The second kappa shape index (κ2) is 14.2. The summed E-state index contributed by atoms with van der Waals surface area (Å²) in [4.78, 5) is 4.64. The van der Waals surface area contributed by atoms with Crippen LogP contribution in [0.3, 0.4) is 0 Å². The predicted octanol–water partition coefficient (Wildman–Crippen LogP) is 2.65. The predicted molar refractivity (Wildman–Crippen MR) is 120 cm³/mol. The smallest absolute Gasteiger partial charge is 0.191 e. The van der Waals surface area contributed by atoms with E-state index >= 15 is 0 Å². The van der Waals surface area contributed by atoms with E-state index in [1.54, 1.807) is 0 Å². The molecule has 1 atom stereocenters. The fourth-order valence-electron chi connectivity index (χ4n) is 3.03. The minimum Gasteiger partial charge on any atom is -0.379 e. The van der Waals surface area contributed by atoms with E-state index in [4.69, 9.17) is 9.47 Å². The number of ether oxygens (including phenoxy) is 2. The van der Waals surface area contributed by atoms with Crippen molar-refractivity contribution in [3.8, 4) is 0 Å². The van der Waals surface area contributed by atoms with E-state index in [1.165, 1.54) is 5.69 Å². The van der Waals surface area contributed by atoms with E-state index in [-0.39, 0.29) is 24.0 Å². The molecule has 27 heavy (non-hydrogen) atoms. The van der Waals surface area contributed by atoms with Crippen LogP contribution >= 0.6 is 24.0 Å². The third-order valence-electron chi connectivity index (χ3n) is 4.33. The van der Waals surface area contributed by atoms with Crippen molar-refractivity contribution in [2.24, 2.45) is 4.99 Å². The van der Waals surface area contributed by atoms with Gasteiger partial charge in [0.05, 0.1) is 18.4 Å². The molecule has 2 rings (SSSR count). The van der Waals surface area contributed by atoms with E-state index in [1.807, 2.05) is 6.92 Å². The highest BCUT2D eigenvalue weighted by Gasteiger charge is 2.14. The molecule has 1 saturated heterocycles. The van der Waals surface area contributed by atoms with Crippen molar-refractivity contribution in [1.82, 2.24) is 20.4 Å². The van der Waals surface area contributed by atoms with Crippen LogP contribution in [0.2, 0.25) is 0 Å². The molecular weight excluding hydrogens is 457 g/mol. The number of hydrogen-bond donors (Lipinski definition) is 2. The minimum atomic E-state index is 0. The minimum absolute atomic E-state index is 0. The van der Waals surface area contributed by atoms with Gasteiger partial charge in [-0.1, -0.05) is 0 Å². The van der Waals surface area contributed by atoms with Crippen LogP contribution < -0.4 is 10.6 Å². The van der Waals surface area contributed by atoms with Gasteiger partial charge in [-0.15, -0.1) is 24.0 Å². The van der Waals surface area contributed by atoms with E-state index < -0.39 is 0 Å². The molecule has 2 N–H and O–H groups in total. The summed E-state index contributed by atoms with van der Waals surface area (Å²) in [5.74, 6) is 0.875. The molecule has 0 saturated carbocycles. The molecule has 1 unspecified atom stereocenters. The maximum atomic E-state index is 5.69. The summed E-state index contributed by atoms with van der Waals surface area (Å²) in [5.41, 5.74) is 2.28. The number of guanidine groups is 1. The van der Waals surface area contributed by atoms with Gasteiger partial charge >= 0.3 is 0 Å². The maximum absolute atomic E-state index is 5.69. The van der Waals surface area contributed by atoms with Crippen LogP contribution in [-0.4, -0.2) is 61.3 Å². The monoisotopic (exact) mass is 493 g/mol. The quantitative estimate of drug-likeness (QED) is 0.215. The summed E-state index contributed by atoms with van der Waals surface area (Å²) in [6, 6.07) is 2.11. The summed E-state index contributed by atoms with van der Waals surface area (Å²) in [7, 11) is 0. The van der Waals surface area contributed by atoms with Crippen molar-refractivity contribution in [1.29, 1.82) is 0 Å². The molecule has 1 aliphatic heterocycles. The molecule has 0 aliphatic carbocycles. The first kappa shape index (κ1) is 24.2. The van der Waals surface area contributed by atoms with Crippen molar-refractivity contribution < 1.29 is 9.47 Å². The Kier molecular flexibility index (Phi) is 12.7. The average molecular weight is 493 g/mol. The standard InChI is InChI=1S/C19H35N5O2.HI/c1-4-20-19(21-9-6-11-24-17(3)14-16(2)23-24)22-10-7-12-25-15-18-8-5-13-26-18;/h14,18H,4-13,15H2,1-3H3,(H2,20,21,22);1H. The molecule has 1 aliphatic rings. The molecule has 1 fully saturated rings. The Morgan fingerprint density at radius 2 is 2.22 bits per heavy atom. The number of aryl methyl sites for hydroxylation is 3. The molecule has 0 radical (unpaired) electrons. The molecule has 0 amide bonds. The third-order valence-corrected chi connectivity index (χ3v) is 4.33. The number of hydrogen-bond acceptors (Lipinski definition) is 4. The maximum Gasteiger partial charge on any atom is 0.191 e. The van der Waals surface area contributed by atoms with Crippen LogP contribution in [0.4, 0.5) is 0 Å². The lowest BCUT2D eigenvalue weighted by Crippen LogP contribution is -2.38. The van der Waals surface area contributed by atoms with Gasteiger partial charge in [0.1, 0.15) is 0 Å². The van der Waals surface area contributed by atoms with Crippen LogP contribution in [-0.2, 0) is 16.0 Å². The Morgan fingerprint density at radius 3 is 2.89 bits per heavy atom. The van der Waals surface area contributed by atoms with Gasteiger partial charge in [0.25, 0.3) is 0 Å². The van der Waals surface area contributed by atoms with Gasteiger partial charge in [0, 0.05) is 45.1 Å². The first-order valence-electron chi connectivity index (χ1n) is 9.91. The molecule has 0 spiro atoms. The largest absolute Gasteiger partial charge is 0.379 e. The molecule has 0 bridgehead atoms. The number of halogens is 1. The lowest BCUT2D eigenvalue weighted by Gasteiger charge is -2.12. The van der Waals surface area contributed by atoms with Crippen LogP contribution in [0.15, 0.2) is 11.1 Å². The van der Waals surface area contributed by atoms with Crippen LogP contribution in [0.25, 0.3) is 0 Å². The lowest BCUT2D eigenvalue weighted by atomic mass is 10.2. The molecule has 1 aromatic heterocycles. The van der Waals surface area contributed by atoms with Gasteiger partial charge in [0.2, 0.25) is 0 Å². The Hall–Kier alpha value is -0.870. The number of nitrogens with one attached hydrogen (secondary N) is 2. The Balaban J connectivity index is 0.00000364. The second-order valence-corrected chi connectivity index (χ2v) is 6.75. The molecule has 156 valence electrons. The first-order valence-corrected chi connectivity index (χ1v) is 9.91. The number of aliphatic imine (C=N–C) groups is 1. The molecular formula is C19H36IN5O2. The van der Waals surface area contributed by atoms with Crippen molar-refractivity contribution in [2.75, 3.05) is 39.5 Å². The SMILES string of the molecule is CCNC(=NCCCn1nc(C)cc1C)NCCCOCC1CCCO1.I. The number of rotatable bonds is 11. The molecule has 0 aromatic carbocycles. The summed E-state index contributed by atoms with van der Waals surface area (Å²) in [5, 5.41) is 11.1. The molecule has 1 aromatic rings. The fraction of sp³-hybridized carbons (Fsp3) is 0.789. The van der Waals surface area contributed by atoms with Gasteiger partial charge in [-0.25, -0.2) is 0 Å². The zero-order valence-corrected chi connectivity index (χ0v) is 19.3. The zero-order valence-electron chi connectivity index (χ0n) is 17.0. The topological polar surface area (TPSA) is 72.7 Å². The van der Waals surface area contributed by atoms with Gasteiger partial charge in [0.15, 0.2) is 5.96 Å². The van der Waals surface area contributed by atoms with Gasteiger partial charge in [-0.05, 0) is 52.5 Å². The summed E-state index contributed by atoms with van der Waals surface area (Å²) >= 11 is 0. The van der Waals surface area contributed by atoms with Crippen molar-refractivity contribution in [3.63, 3.8) is 0 Å². The van der Waals surface area contributed by atoms with Crippen LogP contribution in [0, 0.1) is 13.8 Å². The molecule has 7 nitrogen and oxygen atoms in total. The highest BCUT2D eigenvalue weighted by atomic mass is 127. The second-order valence-electron chi connectivity index (χ2n) is 6.75. The fourth-order valence-corrected chi connectivity index (χ4v) is 3.03.